The minimum atomic E-state index is -3.94. The van der Waals surface area contributed by atoms with Gasteiger partial charge in [-0.25, -0.2) is 8.42 Å². The number of carbonyl (C=O) groups excluding carboxylic acids is 1. The Morgan fingerprint density at radius 2 is 1.78 bits per heavy atom. The van der Waals surface area contributed by atoms with Crippen molar-refractivity contribution in [3.63, 3.8) is 0 Å². The summed E-state index contributed by atoms with van der Waals surface area (Å²) in [6.45, 7) is 2.58. The minimum Gasteiger partial charge on any atom is -0.495 e. The van der Waals surface area contributed by atoms with Crippen LogP contribution in [0.1, 0.15) is 13.3 Å². The van der Waals surface area contributed by atoms with Crippen LogP contribution >= 0.6 is 0 Å². The van der Waals surface area contributed by atoms with E-state index < -0.39 is 10.0 Å². The molecule has 0 spiro atoms. The SMILES string of the molecule is CCOc1ccc(NS(=O)(=O)c2cc(NC(=O)CCN)ccc2OC)cc1. The molecule has 27 heavy (non-hydrogen) atoms. The first kappa shape index (κ1) is 20.5. The molecule has 0 saturated heterocycles. The fourth-order valence-corrected chi connectivity index (χ4v) is 3.57. The van der Waals surface area contributed by atoms with Crippen LogP contribution < -0.4 is 25.2 Å². The number of amides is 1. The normalized spacial score (nSPS) is 10.9. The molecule has 9 heteroatoms. The van der Waals surface area contributed by atoms with E-state index >= 15 is 0 Å². The third-order valence-electron chi connectivity index (χ3n) is 3.53. The Hall–Kier alpha value is -2.78. The number of anilines is 2. The first-order chi connectivity index (χ1) is 12.9. The second-order valence-electron chi connectivity index (χ2n) is 5.52. The second-order valence-corrected chi connectivity index (χ2v) is 7.17. The first-order valence-corrected chi connectivity index (χ1v) is 9.81. The van der Waals surface area contributed by atoms with Crippen molar-refractivity contribution in [2.24, 2.45) is 5.73 Å². The number of hydrogen-bond donors (Lipinski definition) is 3. The van der Waals surface area contributed by atoms with Crippen molar-refractivity contribution in [2.75, 3.05) is 30.3 Å². The molecule has 0 radical (unpaired) electrons. The molecule has 0 aromatic heterocycles. The average molecular weight is 393 g/mol. The van der Waals surface area contributed by atoms with E-state index in [1.807, 2.05) is 6.92 Å². The fraction of sp³-hybridized carbons (Fsp3) is 0.278. The zero-order chi connectivity index (χ0) is 19.9. The minimum absolute atomic E-state index is 0.0931. The van der Waals surface area contributed by atoms with Gasteiger partial charge in [0.25, 0.3) is 10.0 Å². The summed E-state index contributed by atoms with van der Waals surface area (Å²) in [5, 5.41) is 2.61. The predicted molar refractivity (Wildman–Crippen MR) is 104 cm³/mol. The molecule has 0 aliphatic rings. The highest BCUT2D eigenvalue weighted by Gasteiger charge is 2.21. The summed E-state index contributed by atoms with van der Waals surface area (Å²) < 4.78 is 38.6. The highest BCUT2D eigenvalue weighted by atomic mass is 32.2. The second kappa shape index (κ2) is 9.24. The molecule has 2 rings (SSSR count). The summed E-state index contributed by atoms with van der Waals surface area (Å²) in [6, 6.07) is 10.9. The maximum atomic E-state index is 12.8. The van der Waals surface area contributed by atoms with Gasteiger partial charge in [-0.05, 0) is 49.4 Å². The van der Waals surface area contributed by atoms with Gasteiger partial charge in [-0.1, -0.05) is 0 Å². The van der Waals surface area contributed by atoms with E-state index in [-0.39, 0.29) is 29.5 Å². The van der Waals surface area contributed by atoms with Gasteiger partial charge in [0.05, 0.1) is 13.7 Å². The maximum absolute atomic E-state index is 12.8. The van der Waals surface area contributed by atoms with Crippen molar-refractivity contribution in [3.05, 3.63) is 42.5 Å². The molecule has 2 aromatic rings. The van der Waals surface area contributed by atoms with Gasteiger partial charge in [-0.2, -0.15) is 0 Å². The number of nitrogens with one attached hydrogen (secondary N) is 2. The molecule has 4 N–H and O–H groups in total. The van der Waals surface area contributed by atoms with Gasteiger partial charge in [0, 0.05) is 24.3 Å². The van der Waals surface area contributed by atoms with Gasteiger partial charge in [0.2, 0.25) is 5.91 Å². The molecule has 1 amide bonds. The van der Waals surface area contributed by atoms with E-state index in [2.05, 4.69) is 10.0 Å². The van der Waals surface area contributed by atoms with Crippen LogP contribution in [0, 0.1) is 0 Å². The van der Waals surface area contributed by atoms with Crippen molar-refractivity contribution >= 4 is 27.3 Å². The number of ether oxygens (including phenoxy) is 2. The smallest absolute Gasteiger partial charge is 0.265 e. The predicted octanol–water partition coefficient (Wildman–Crippen LogP) is 2.18. The molecule has 2 aromatic carbocycles. The molecule has 8 nitrogen and oxygen atoms in total. The van der Waals surface area contributed by atoms with Crippen LogP contribution in [-0.4, -0.2) is 34.6 Å². The summed E-state index contributed by atoms with van der Waals surface area (Å²) >= 11 is 0. The van der Waals surface area contributed by atoms with Crippen LogP contribution in [-0.2, 0) is 14.8 Å². The monoisotopic (exact) mass is 393 g/mol. The number of sulfonamides is 1. The number of carbonyl (C=O) groups is 1. The van der Waals surface area contributed by atoms with Gasteiger partial charge in [0.1, 0.15) is 16.4 Å². The Labute approximate surface area is 158 Å². The van der Waals surface area contributed by atoms with E-state index in [4.69, 9.17) is 15.2 Å². The van der Waals surface area contributed by atoms with Crippen LogP contribution in [0.3, 0.4) is 0 Å². The molecule has 0 saturated carbocycles. The first-order valence-electron chi connectivity index (χ1n) is 8.33. The summed E-state index contributed by atoms with van der Waals surface area (Å²) in [5.74, 6) is 0.499. The van der Waals surface area contributed by atoms with Gasteiger partial charge in [0.15, 0.2) is 0 Å². The Morgan fingerprint density at radius 3 is 2.37 bits per heavy atom. The highest BCUT2D eigenvalue weighted by Crippen LogP contribution is 2.29. The van der Waals surface area contributed by atoms with E-state index in [9.17, 15) is 13.2 Å². The lowest BCUT2D eigenvalue weighted by atomic mass is 10.3. The topological polar surface area (TPSA) is 120 Å². The van der Waals surface area contributed by atoms with E-state index in [1.54, 1.807) is 30.3 Å². The lowest BCUT2D eigenvalue weighted by molar-refractivity contribution is -0.116. The van der Waals surface area contributed by atoms with Crippen LogP contribution in [0.2, 0.25) is 0 Å². The van der Waals surface area contributed by atoms with Crippen LogP contribution in [0.4, 0.5) is 11.4 Å². The third-order valence-corrected chi connectivity index (χ3v) is 4.93. The zero-order valence-corrected chi connectivity index (χ0v) is 16.0. The lowest BCUT2D eigenvalue weighted by Crippen LogP contribution is -2.17. The molecular weight excluding hydrogens is 370 g/mol. The molecule has 146 valence electrons. The van der Waals surface area contributed by atoms with Crippen molar-refractivity contribution in [1.29, 1.82) is 0 Å². The fourth-order valence-electron chi connectivity index (χ4n) is 2.32. The number of nitrogens with two attached hydrogens (primary N) is 1. The highest BCUT2D eigenvalue weighted by molar-refractivity contribution is 7.92. The van der Waals surface area contributed by atoms with Gasteiger partial charge in [-0.15, -0.1) is 0 Å². The summed E-state index contributed by atoms with van der Waals surface area (Å²) in [4.78, 5) is 11.6. The van der Waals surface area contributed by atoms with Gasteiger partial charge in [-0.3, -0.25) is 9.52 Å². The van der Waals surface area contributed by atoms with E-state index in [0.717, 1.165) is 0 Å². The number of hydrogen-bond acceptors (Lipinski definition) is 6. The number of rotatable bonds is 9. The molecule has 0 fully saturated rings. The standard InChI is InChI=1S/C18H23N3O5S/c1-3-26-15-7-4-13(5-8-15)21-27(23,24)17-12-14(6-9-16(17)25-2)20-18(22)10-11-19/h4-9,12,21H,3,10-11,19H2,1-2H3,(H,20,22). The molecule has 0 aliphatic carbocycles. The quantitative estimate of drug-likeness (QED) is 0.601. The molecule has 0 atom stereocenters. The summed E-state index contributed by atoms with van der Waals surface area (Å²) in [6.07, 6.45) is 0.137. The van der Waals surface area contributed by atoms with E-state index in [1.165, 1.54) is 19.2 Å². The summed E-state index contributed by atoms with van der Waals surface area (Å²) in [5.41, 5.74) is 6.06. The number of benzene rings is 2. The van der Waals surface area contributed by atoms with Gasteiger partial charge >= 0.3 is 0 Å². The van der Waals surface area contributed by atoms with Gasteiger partial charge < -0.3 is 20.5 Å². The summed E-state index contributed by atoms with van der Waals surface area (Å²) in [7, 11) is -2.57. The average Bonchev–Trinajstić information content (AvgIpc) is 2.63. The van der Waals surface area contributed by atoms with Crippen LogP contribution in [0.5, 0.6) is 11.5 Å². The zero-order valence-electron chi connectivity index (χ0n) is 15.2. The molecular formula is C18H23N3O5S. The van der Waals surface area contributed by atoms with Crippen molar-refractivity contribution < 1.29 is 22.7 Å². The Balaban J connectivity index is 2.28. The van der Waals surface area contributed by atoms with E-state index in [0.29, 0.717) is 23.7 Å². The Bertz CT molecular complexity index is 882. The van der Waals surface area contributed by atoms with Crippen molar-refractivity contribution in [2.45, 2.75) is 18.2 Å². The van der Waals surface area contributed by atoms with Crippen molar-refractivity contribution in [1.82, 2.24) is 0 Å². The Morgan fingerprint density at radius 1 is 1.11 bits per heavy atom. The van der Waals surface area contributed by atoms with Crippen LogP contribution in [0.25, 0.3) is 0 Å². The molecule has 0 bridgehead atoms. The lowest BCUT2D eigenvalue weighted by Gasteiger charge is -2.14. The molecule has 0 heterocycles. The third kappa shape index (κ3) is 5.60. The van der Waals surface area contributed by atoms with Crippen LogP contribution in [0.15, 0.2) is 47.4 Å². The molecule has 0 aliphatic heterocycles. The maximum Gasteiger partial charge on any atom is 0.265 e. The van der Waals surface area contributed by atoms with Crippen molar-refractivity contribution in [3.8, 4) is 11.5 Å². The largest absolute Gasteiger partial charge is 0.495 e. The number of methoxy groups -OCH3 is 1. The molecule has 0 unspecified atom stereocenters. The Kier molecular flexibility index (Phi) is 7.03.